The highest BCUT2D eigenvalue weighted by Gasteiger charge is 2.27. The molecule has 1 unspecified atom stereocenters. The Bertz CT molecular complexity index is 374. The second-order valence-electron chi connectivity index (χ2n) is 3.80. The molecule has 0 radical (unpaired) electrons. The average Bonchev–Trinajstić information content (AvgIpc) is 2.40. The summed E-state index contributed by atoms with van der Waals surface area (Å²) in [6.07, 6.45) is 7.85. The van der Waals surface area contributed by atoms with Crippen LogP contribution in [-0.2, 0) is 0 Å². The summed E-state index contributed by atoms with van der Waals surface area (Å²) in [6, 6.07) is 1.58. The Kier molecular flexibility index (Phi) is 4.19. The highest BCUT2D eigenvalue weighted by atomic mass is 32.2. The smallest absolute Gasteiger partial charge is 0.391 e. The standard InChI is InChI=1S/C11H15N3O2S/c1-17-10-4-2-3-7-14(10)11(15)16-9-5-6-12-8-13-9/h5-6,8,10H,2-4,7H2,1H3. The monoisotopic (exact) mass is 253 g/mol. The predicted molar refractivity (Wildman–Crippen MR) is 65.9 cm³/mol. The van der Waals surface area contributed by atoms with Crippen molar-refractivity contribution in [2.75, 3.05) is 12.8 Å². The van der Waals surface area contributed by atoms with Gasteiger partial charge in [-0.1, -0.05) is 0 Å². The van der Waals surface area contributed by atoms with Gasteiger partial charge in [-0.15, -0.1) is 11.8 Å². The molecular weight excluding hydrogens is 238 g/mol. The van der Waals surface area contributed by atoms with Crippen LogP contribution in [0, 0.1) is 0 Å². The lowest BCUT2D eigenvalue weighted by Crippen LogP contribution is -2.43. The minimum atomic E-state index is -0.317. The van der Waals surface area contributed by atoms with Gasteiger partial charge in [0.25, 0.3) is 0 Å². The Balaban J connectivity index is 1.99. The van der Waals surface area contributed by atoms with E-state index in [4.69, 9.17) is 4.74 Å². The molecule has 1 aliphatic heterocycles. The predicted octanol–water partition coefficient (Wildman–Crippen LogP) is 2.15. The number of hydrogen-bond donors (Lipinski definition) is 0. The molecule has 0 aliphatic carbocycles. The number of carbonyl (C=O) groups excluding carboxylic acids is 1. The van der Waals surface area contributed by atoms with Gasteiger partial charge in [-0.25, -0.2) is 14.8 Å². The largest absolute Gasteiger partial charge is 0.417 e. The number of hydrogen-bond acceptors (Lipinski definition) is 5. The van der Waals surface area contributed by atoms with Gasteiger partial charge in [0.1, 0.15) is 6.33 Å². The summed E-state index contributed by atoms with van der Waals surface area (Å²) in [7, 11) is 0. The van der Waals surface area contributed by atoms with Crippen LogP contribution in [0.4, 0.5) is 4.79 Å². The molecule has 1 aromatic rings. The molecule has 0 bridgehead atoms. The fourth-order valence-corrected chi connectivity index (χ4v) is 2.69. The maximum absolute atomic E-state index is 12.0. The van der Waals surface area contributed by atoms with Crippen molar-refractivity contribution >= 4 is 17.9 Å². The second-order valence-corrected chi connectivity index (χ2v) is 4.81. The Morgan fingerprint density at radius 3 is 3.18 bits per heavy atom. The van der Waals surface area contributed by atoms with E-state index >= 15 is 0 Å². The molecule has 17 heavy (non-hydrogen) atoms. The van der Waals surface area contributed by atoms with E-state index < -0.39 is 0 Å². The van der Waals surface area contributed by atoms with Crippen molar-refractivity contribution in [1.82, 2.24) is 14.9 Å². The third-order valence-corrected chi connectivity index (χ3v) is 3.74. The quantitative estimate of drug-likeness (QED) is 0.808. The first-order valence-corrected chi connectivity index (χ1v) is 6.87. The molecule has 6 heteroatoms. The van der Waals surface area contributed by atoms with Crippen molar-refractivity contribution in [3.8, 4) is 5.88 Å². The van der Waals surface area contributed by atoms with Gasteiger partial charge in [0, 0.05) is 18.8 Å². The van der Waals surface area contributed by atoms with Gasteiger partial charge in [-0.2, -0.15) is 0 Å². The molecule has 0 aromatic carbocycles. The number of amides is 1. The van der Waals surface area contributed by atoms with E-state index in [9.17, 15) is 4.79 Å². The van der Waals surface area contributed by atoms with Crippen LogP contribution in [0.1, 0.15) is 19.3 Å². The molecule has 0 N–H and O–H groups in total. The topological polar surface area (TPSA) is 55.3 Å². The van der Waals surface area contributed by atoms with Crippen molar-refractivity contribution in [3.05, 3.63) is 18.6 Å². The third-order valence-electron chi connectivity index (χ3n) is 2.70. The number of piperidine rings is 1. The van der Waals surface area contributed by atoms with Gasteiger partial charge in [-0.3, -0.25) is 4.90 Å². The van der Waals surface area contributed by atoms with E-state index in [1.807, 2.05) is 6.26 Å². The van der Waals surface area contributed by atoms with E-state index in [2.05, 4.69) is 9.97 Å². The van der Waals surface area contributed by atoms with Crippen LogP contribution in [0.15, 0.2) is 18.6 Å². The second kappa shape index (κ2) is 5.86. The zero-order valence-electron chi connectivity index (χ0n) is 9.70. The maximum atomic E-state index is 12.0. The minimum Gasteiger partial charge on any atom is -0.391 e. The van der Waals surface area contributed by atoms with Crippen LogP contribution in [-0.4, -0.2) is 39.1 Å². The molecule has 2 rings (SSSR count). The fraction of sp³-hybridized carbons (Fsp3) is 0.545. The number of nitrogens with zero attached hydrogens (tertiary/aromatic N) is 3. The van der Waals surface area contributed by atoms with E-state index in [0.29, 0.717) is 5.88 Å². The number of carbonyl (C=O) groups is 1. The number of aromatic nitrogens is 2. The zero-order valence-corrected chi connectivity index (χ0v) is 10.5. The van der Waals surface area contributed by atoms with Gasteiger partial charge >= 0.3 is 6.09 Å². The Morgan fingerprint density at radius 2 is 2.47 bits per heavy atom. The van der Waals surface area contributed by atoms with Crippen LogP contribution in [0.3, 0.4) is 0 Å². The van der Waals surface area contributed by atoms with Crippen LogP contribution in [0.25, 0.3) is 0 Å². The number of rotatable bonds is 2. The summed E-state index contributed by atoms with van der Waals surface area (Å²) in [4.78, 5) is 21.4. The number of likely N-dealkylation sites (tertiary alicyclic amines) is 1. The summed E-state index contributed by atoms with van der Waals surface area (Å²) in [5.74, 6) is 0.301. The van der Waals surface area contributed by atoms with E-state index in [-0.39, 0.29) is 11.5 Å². The molecule has 0 spiro atoms. The highest BCUT2D eigenvalue weighted by molar-refractivity contribution is 7.99. The minimum absolute atomic E-state index is 0.220. The summed E-state index contributed by atoms with van der Waals surface area (Å²) in [6.45, 7) is 0.759. The SMILES string of the molecule is CSC1CCCCN1C(=O)Oc1ccncn1. The number of ether oxygens (including phenoxy) is 1. The van der Waals surface area contributed by atoms with Gasteiger partial charge in [0.05, 0.1) is 5.37 Å². The summed E-state index contributed by atoms with van der Waals surface area (Å²) < 4.78 is 5.21. The molecule has 92 valence electrons. The van der Waals surface area contributed by atoms with Crippen LogP contribution >= 0.6 is 11.8 Å². The lowest BCUT2D eigenvalue weighted by Gasteiger charge is -2.33. The molecule has 1 aliphatic rings. The van der Waals surface area contributed by atoms with E-state index in [1.54, 1.807) is 28.9 Å². The summed E-state index contributed by atoms with van der Waals surface area (Å²) >= 11 is 1.69. The van der Waals surface area contributed by atoms with Crippen molar-refractivity contribution < 1.29 is 9.53 Å². The van der Waals surface area contributed by atoms with Gasteiger partial charge in [0.2, 0.25) is 5.88 Å². The molecule has 2 heterocycles. The Labute approximate surface area is 105 Å². The first-order chi connectivity index (χ1) is 8.31. The first kappa shape index (κ1) is 12.2. The van der Waals surface area contributed by atoms with E-state index in [1.165, 1.54) is 12.7 Å². The van der Waals surface area contributed by atoms with Gasteiger partial charge in [-0.05, 0) is 25.5 Å². The average molecular weight is 253 g/mol. The molecule has 1 atom stereocenters. The van der Waals surface area contributed by atoms with E-state index in [0.717, 1.165) is 19.4 Å². The molecule has 1 saturated heterocycles. The first-order valence-electron chi connectivity index (χ1n) is 5.58. The van der Waals surface area contributed by atoms with Gasteiger partial charge in [0.15, 0.2) is 0 Å². The Morgan fingerprint density at radius 1 is 1.59 bits per heavy atom. The lowest BCUT2D eigenvalue weighted by atomic mass is 10.1. The summed E-state index contributed by atoms with van der Waals surface area (Å²) in [5, 5.41) is 0.220. The highest BCUT2D eigenvalue weighted by Crippen LogP contribution is 2.25. The lowest BCUT2D eigenvalue weighted by molar-refractivity contribution is 0.134. The molecule has 1 aromatic heterocycles. The summed E-state index contributed by atoms with van der Waals surface area (Å²) in [5.41, 5.74) is 0. The van der Waals surface area contributed by atoms with Crippen LogP contribution in [0.5, 0.6) is 5.88 Å². The third kappa shape index (κ3) is 3.09. The van der Waals surface area contributed by atoms with Crippen molar-refractivity contribution in [2.45, 2.75) is 24.6 Å². The maximum Gasteiger partial charge on any atom is 0.417 e. The molecule has 1 fully saturated rings. The fourth-order valence-electron chi connectivity index (χ4n) is 1.84. The molecule has 0 saturated carbocycles. The normalized spacial score (nSPS) is 20.1. The van der Waals surface area contributed by atoms with Crippen molar-refractivity contribution in [3.63, 3.8) is 0 Å². The van der Waals surface area contributed by atoms with Crippen LogP contribution in [0.2, 0.25) is 0 Å². The number of thioether (sulfide) groups is 1. The molecular formula is C11H15N3O2S. The van der Waals surface area contributed by atoms with Crippen molar-refractivity contribution in [1.29, 1.82) is 0 Å². The Hall–Kier alpha value is -1.30. The molecule has 1 amide bonds. The zero-order chi connectivity index (χ0) is 12.1. The molecule has 5 nitrogen and oxygen atoms in total. The van der Waals surface area contributed by atoms with Crippen molar-refractivity contribution in [2.24, 2.45) is 0 Å². The van der Waals surface area contributed by atoms with Gasteiger partial charge < -0.3 is 4.74 Å². The van der Waals surface area contributed by atoms with Crippen LogP contribution < -0.4 is 4.74 Å².